The Morgan fingerprint density at radius 2 is 0.633 bits per heavy atom. The Balaban J connectivity index is 1.08. The quantitative estimate of drug-likeness (QED) is 0.0234. The molecule has 5 heterocycles. The van der Waals surface area contributed by atoms with E-state index in [4.69, 9.17) is 37.9 Å². The molecule has 0 radical (unpaired) electrons. The molecule has 0 aliphatic carbocycles. The number of nitrogens with one attached hydrogen (secondary N) is 14. The Labute approximate surface area is 821 Å². The van der Waals surface area contributed by atoms with Crippen molar-refractivity contribution in [2.24, 2.45) is 47.3 Å². The molecule has 5 aliphatic heterocycles. The summed E-state index contributed by atoms with van der Waals surface area (Å²) in [6, 6.07) is 0.392. The number of carbonyl (C=O) groups is 16. The zero-order valence-corrected chi connectivity index (χ0v) is 85.2. The van der Waals surface area contributed by atoms with E-state index in [1.807, 2.05) is 13.8 Å². The van der Waals surface area contributed by atoms with Gasteiger partial charge in [-0.05, 0) is 194 Å². The van der Waals surface area contributed by atoms with Crippen molar-refractivity contribution in [3.8, 4) is 0 Å². The van der Waals surface area contributed by atoms with Gasteiger partial charge in [-0.3, -0.25) is 81.6 Å². The van der Waals surface area contributed by atoms with Crippen LogP contribution in [-0.2, 0) is 105 Å². The van der Waals surface area contributed by atoms with E-state index in [0.717, 1.165) is 30.6 Å². The normalized spacial score (nSPS) is 25.4. The van der Waals surface area contributed by atoms with Gasteiger partial charge in [0.25, 0.3) is 23.6 Å². The second-order valence-electron chi connectivity index (χ2n) is 38.0. The summed E-state index contributed by atoms with van der Waals surface area (Å²) in [5.74, 6) is -5.43. The lowest BCUT2D eigenvalue weighted by molar-refractivity contribution is -0.236. The number of amides is 16. The van der Waals surface area contributed by atoms with Gasteiger partial charge in [-0.15, -0.1) is 0 Å². The van der Waals surface area contributed by atoms with Crippen LogP contribution in [0.2, 0.25) is 0 Å². The van der Waals surface area contributed by atoms with Crippen LogP contribution in [0.1, 0.15) is 298 Å². The molecule has 1 aromatic carbocycles. The number of hydrogen-bond acceptors (Lipinski definition) is 24. The predicted octanol–water partition coefficient (Wildman–Crippen LogP) is 6.86. The minimum atomic E-state index is -1.04. The molecule has 39 heteroatoms. The average Bonchev–Trinajstić information content (AvgIpc) is 1.19. The number of carbonyl (C=O) groups excluding carboxylic acids is 16. The van der Waals surface area contributed by atoms with Gasteiger partial charge < -0.3 is 112 Å². The van der Waals surface area contributed by atoms with Crippen molar-refractivity contribution in [3.05, 3.63) is 41.5 Å². The Hall–Kier alpha value is -9.64. The van der Waals surface area contributed by atoms with E-state index in [2.05, 4.69) is 144 Å². The van der Waals surface area contributed by atoms with Crippen LogP contribution in [-0.4, -0.2) is 264 Å². The zero-order chi connectivity index (χ0) is 102. The molecule has 22 atom stereocenters. The Morgan fingerprint density at radius 1 is 0.331 bits per heavy atom. The maximum Gasteiger partial charge on any atom is 0.253 e. The molecule has 14 N–H and O–H groups in total. The first-order valence-electron chi connectivity index (χ1n) is 51.0. The smallest absolute Gasteiger partial charge is 0.253 e. The van der Waals surface area contributed by atoms with Crippen LogP contribution >= 0.6 is 0 Å². The van der Waals surface area contributed by atoms with Crippen LogP contribution in [0.25, 0.3) is 0 Å². The second-order valence-corrected chi connectivity index (χ2v) is 38.0. The molecule has 4 fully saturated rings. The third-order valence-electron chi connectivity index (χ3n) is 27.3. The van der Waals surface area contributed by atoms with E-state index in [9.17, 15) is 76.7 Å². The van der Waals surface area contributed by atoms with Crippen LogP contribution in [0.3, 0.4) is 0 Å². The largest absolute Gasteiger partial charge is 0.356 e. The second kappa shape index (κ2) is 63.3. The number of imide groups is 1. The molecule has 6 rings (SSSR count). The van der Waals surface area contributed by atoms with Gasteiger partial charge in [0.05, 0.1) is 55.1 Å². The molecule has 0 bridgehead atoms. The van der Waals surface area contributed by atoms with Crippen LogP contribution in [0.5, 0.6) is 0 Å². The van der Waals surface area contributed by atoms with Crippen molar-refractivity contribution in [1.29, 1.82) is 0 Å². The lowest BCUT2D eigenvalue weighted by atomic mass is 9.81. The molecule has 5 aliphatic rings. The number of ether oxygens (including phenoxy) is 8. The third kappa shape index (κ3) is 41.5. The van der Waals surface area contributed by atoms with E-state index < -0.39 is 103 Å². The molecular formula is C100H165N15O24. The first kappa shape index (κ1) is 118. The minimum absolute atomic E-state index is 0.0243. The molecule has 4 saturated heterocycles. The summed E-state index contributed by atoms with van der Waals surface area (Å²) in [7, 11) is 0. The van der Waals surface area contributed by atoms with Crippen molar-refractivity contribution in [3.63, 3.8) is 0 Å². The maximum absolute atomic E-state index is 14.2. The number of rotatable bonds is 63. The summed E-state index contributed by atoms with van der Waals surface area (Å²) in [4.78, 5) is 211. The molecular weight excluding hydrogens is 1800 g/mol. The number of nitrogens with zero attached hydrogens (tertiary/aromatic N) is 1. The Bertz CT molecular complexity index is 3910. The first-order valence-corrected chi connectivity index (χ1v) is 51.0. The molecule has 16 amide bonds. The fourth-order valence-corrected chi connectivity index (χ4v) is 18.3. The van der Waals surface area contributed by atoms with E-state index in [1.54, 1.807) is 0 Å². The average molecular weight is 1960 g/mol. The highest BCUT2D eigenvalue weighted by atomic mass is 16.7. The Morgan fingerprint density at radius 3 is 0.950 bits per heavy atom. The van der Waals surface area contributed by atoms with E-state index in [1.165, 1.54) is 58.0 Å². The fraction of sp³-hybridized carbons (Fsp3) is 0.760. The highest BCUT2D eigenvalue weighted by molar-refractivity contribution is 6.13. The fourth-order valence-electron chi connectivity index (χ4n) is 18.3. The summed E-state index contributed by atoms with van der Waals surface area (Å²) >= 11 is 0. The van der Waals surface area contributed by atoms with Gasteiger partial charge in [-0.1, -0.05) is 89.5 Å². The molecule has 21 unspecified atom stereocenters. The van der Waals surface area contributed by atoms with Gasteiger partial charge in [-0.2, -0.15) is 0 Å². The number of hydrogen-bond donors (Lipinski definition) is 14. The number of benzene rings is 1. The predicted molar refractivity (Wildman–Crippen MR) is 519 cm³/mol. The van der Waals surface area contributed by atoms with Gasteiger partial charge in [0.15, 0.2) is 25.2 Å². The van der Waals surface area contributed by atoms with Crippen molar-refractivity contribution < 1.29 is 115 Å². The number of unbranched alkanes of at least 4 members (excludes halogenated alkanes) is 8. The maximum atomic E-state index is 14.2. The van der Waals surface area contributed by atoms with E-state index in [-0.39, 0.29) is 252 Å². The van der Waals surface area contributed by atoms with Crippen molar-refractivity contribution >= 4 is 100 Å². The van der Waals surface area contributed by atoms with E-state index >= 15 is 0 Å². The van der Waals surface area contributed by atoms with Crippen molar-refractivity contribution in [1.82, 2.24) is 74.0 Å². The molecule has 0 aromatic heterocycles. The van der Waals surface area contributed by atoms with E-state index in [0.29, 0.717) is 110 Å². The lowest BCUT2D eigenvalue weighted by Gasteiger charge is -2.44. The highest BCUT2D eigenvalue weighted by Gasteiger charge is 2.46. The van der Waals surface area contributed by atoms with Crippen molar-refractivity contribution in [2.75, 3.05) is 84.1 Å². The molecule has 39 nitrogen and oxygen atoms in total. The highest BCUT2D eigenvalue weighted by Crippen LogP contribution is 2.38. The zero-order valence-electron chi connectivity index (χ0n) is 85.2. The summed E-state index contributed by atoms with van der Waals surface area (Å²) in [5.41, 5.74) is -0.255. The van der Waals surface area contributed by atoms with Gasteiger partial charge >= 0.3 is 0 Å². The van der Waals surface area contributed by atoms with Gasteiger partial charge in [0, 0.05) is 161 Å². The summed E-state index contributed by atoms with van der Waals surface area (Å²) < 4.78 is 49.8. The summed E-state index contributed by atoms with van der Waals surface area (Å²) in [6.07, 6.45) is 10.5. The lowest BCUT2D eigenvalue weighted by Crippen LogP contribution is -2.57. The molecule has 1 aromatic rings. The standard InChI is InChI=1S/C100H165N15O24/c1-17-77-60(5)64(9)89(108-68(13)116)97(136-77)132-52-32-25-39-81(120)101-45-29-23-36-75(113-84(123)41-27-34-54-134-99-91(110-70(15)118)66(11)62(7)79(19-3)138-99)95(130)105-49-47-103-93(128)72-56-73(58-74(57-72)112-86(125)59-107-83(122)38-22-21-31-51-115-87(126)43-44-88(115)127)94(129)104-48-50-106-96(131)76(114-85(124)42-28-35-55-135-100-92(111-71(16)119)67(12)63(8)80(20-4)139-100)37-24-30-46-102-82(121)40-26-33-53-133-98-90(109-69(14)117)65(10)61(6)78(18-2)137-98/h43-44,56-58,60-67,75-80,89-92,97-100H,17-42,45-55,59H2,1-16H3,(H,101,120)(H,102,121)(H,103,128)(H,104,129)(H,105,130)(H,106,131)(H,107,122)(H,108,116)(H,109,117)(H,110,118)(H,111,119)(H,112,125)(H,113,123)(H,114,124)/t60?,61?,62?,63?,64?,65?,66?,67?,75-,76?,77?,78?,79?,80?,89?,90?,91?,92?,97?,98?,99?,100?/m0/s1. The topological polar surface area (TPSA) is 519 Å². The van der Waals surface area contributed by atoms with Crippen LogP contribution in [0.4, 0.5) is 5.69 Å². The SMILES string of the molecule is CCC1OC(OCCCCC(=O)NCCCCC(NC(=O)CCCCOC2OC(CC)C(C)C(C)C2NC(C)=O)C(=O)NCCNC(=O)c2cc(NC(=O)CNC(=O)CCCCCN3C(=O)C=CC3=O)cc(C(=O)NCCNC(=O)[C@H](CCCCNC(=O)CCCCOC3OC(CC)C(C)C(C)C3NC(C)=O)NC(=O)CCCCOC3OC(CC)C(C)C(C)C3NC(C)=O)c2)C(NC(C)=O)C(C)C1C. The first-order chi connectivity index (χ1) is 66.4. The third-order valence-corrected chi connectivity index (χ3v) is 27.3. The van der Waals surface area contributed by atoms with Gasteiger partial charge in [0.2, 0.25) is 70.9 Å². The molecule has 139 heavy (non-hydrogen) atoms. The van der Waals surface area contributed by atoms with Gasteiger partial charge in [-0.25, -0.2) is 0 Å². The van der Waals surface area contributed by atoms with Crippen LogP contribution < -0.4 is 74.4 Å². The summed E-state index contributed by atoms with van der Waals surface area (Å²) in [6.45, 7) is 31.4. The minimum Gasteiger partial charge on any atom is -0.356 e. The molecule has 784 valence electrons. The number of anilines is 1. The summed E-state index contributed by atoms with van der Waals surface area (Å²) in [5, 5.41) is 39.9. The Kier molecular flexibility index (Phi) is 53.8. The van der Waals surface area contributed by atoms with Crippen LogP contribution in [0, 0.1) is 47.3 Å². The molecule has 0 saturated carbocycles. The molecule has 0 spiro atoms. The van der Waals surface area contributed by atoms with Crippen molar-refractivity contribution in [2.45, 2.75) is 364 Å². The van der Waals surface area contributed by atoms with Crippen LogP contribution in [0.15, 0.2) is 30.4 Å². The van der Waals surface area contributed by atoms with Gasteiger partial charge in [0.1, 0.15) is 12.1 Å². The monoisotopic (exact) mass is 1960 g/mol.